The van der Waals surface area contributed by atoms with E-state index < -0.39 is 17.1 Å². The first-order valence-electron chi connectivity index (χ1n) is 7.43. The first-order chi connectivity index (χ1) is 11.8. The summed E-state index contributed by atoms with van der Waals surface area (Å²) in [4.78, 5) is 30.0. The van der Waals surface area contributed by atoms with Gasteiger partial charge in [0, 0.05) is 28.2 Å². The Labute approximate surface area is 144 Å². The molecule has 25 heavy (non-hydrogen) atoms. The van der Waals surface area contributed by atoms with Crippen LogP contribution >= 0.6 is 0 Å². The van der Waals surface area contributed by atoms with Crippen LogP contribution < -0.4 is 21.3 Å². The highest BCUT2D eigenvalue weighted by molar-refractivity contribution is 5.96. The zero-order valence-electron chi connectivity index (χ0n) is 14.8. The van der Waals surface area contributed by atoms with E-state index in [1.54, 1.807) is 38.2 Å². The van der Waals surface area contributed by atoms with E-state index >= 15 is 0 Å². The van der Waals surface area contributed by atoms with E-state index in [0.29, 0.717) is 11.4 Å². The van der Waals surface area contributed by atoms with E-state index in [1.807, 2.05) is 12.1 Å². The highest BCUT2D eigenvalue weighted by atomic mass is 16.5. The number of rotatable bonds is 3. The van der Waals surface area contributed by atoms with Gasteiger partial charge in [0.2, 0.25) is 11.8 Å². The van der Waals surface area contributed by atoms with Crippen LogP contribution in [0, 0.1) is 0 Å². The molecule has 0 unspecified atom stereocenters. The molecule has 0 aliphatic carbocycles. The van der Waals surface area contributed by atoms with Crippen molar-refractivity contribution < 1.29 is 9.84 Å². The molecule has 2 N–H and O–H groups in total. The van der Waals surface area contributed by atoms with E-state index in [2.05, 4.69) is 10.3 Å². The molecular weight excluding hydrogens is 326 g/mol. The van der Waals surface area contributed by atoms with E-state index in [1.165, 1.54) is 14.1 Å². The number of aromatic nitrogens is 2. The van der Waals surface area contributed by atoms with Crippen molar-refractivity contribution in [2.24, 2.45) is 19.1 Å². The minimum absolute atomic E-state index is 0.240. The third kappa shape index (κ3) is 3.49. The van der Waals surface area contributed by atoms with Crippen LogP contribution in [0.1, 0.15) is 0 Å². The first-order valence-corrected chi connectivity index (χ1v) is 7.43. The predicted octanol–water partition coefficient (Wildman–Crippen LogP) is 0.459. The minimum atomic E-state index is -0.693. The third-order valence-electron chi connectivity index (χ3n) is 3.61. The SMILES string of the molecule is COc1ccccc1NC(=Nc1c(O)n(C)c(=O)n(C)c1=O)N(C)C. The Hall–Kier alpha value is -3.23. The van der Waals surface area contributed by atoms with E-state index in [4.69, 9.17) is 4.74 Å². The second kappa shape index (κ2) is 7.12. The number of nitrogens with one attached hydrogen (secondary N) is 1. The summed E-state index contributed by atoms with van der Waals surface area (Å²) in [5, 5.41) is 13.2. The lowest BCUT2D eigenvalue weighted by Crippen LogP contribution is -2.37. The van der Waals surface area contributed by atoms with Crippen LogP contribution in [0.25, 0.3) is 0 Å². The van der Waals surface area contributed by atoms with Crippen molar-refractivity contribution in [1.82, 2.24) is 14.0 Å². The first kappa shape index (κ1) is 18.1. The van der Waals surface area contributed by atoms with Gasteiger partial charge < -0.3 is 20.1 Å². The maximum Gasteiger partial charge on any atom is 0.333 e. The lowest BCUT2D eigenvalue weighted by Gasteiger charge is -2.19. The number of hydrogen-bond donors (Lipinski definition) is 2. The molecule has 0 aliphatic heterocycles. The summed E-state index contributed by atoms with van der Waals surface area (Å²) < 4.78 is 7.12. The molecule has 2 aromatic rings. The summed E-state index contributed by atoms with van der Waals surface area (Å²) in [6.07, 6.45) is 0. The Morgan fingerprint density at radius 1 is 1.20 bits per heavy atom. The van der Waals surface area contributed by atoms with Crippen LogP contribution in [0.5, 0.6) is 11.6 Å². The van der Waals surface area contributed by atoms with E-state index in [0.717, 1.165) is 9.13 Å². The highest BCUT2D eigenvalue weighted by Crippen LogP contribution is 2.24. The minimum Gasteiger partial charge on any atom is -0.495 e. The molecule has 1 heterocycles. The largest absolute Gasteiger partial charge is 0.495 e. The number of benzene rings is 1. The second-order valence-electron chi connectivity index (χ2n) is 5.53. The lowest BCUT2D eigenvalue weighted by molar-refractivity contribution is 0.414. The Kier molecular flexibility index (Phi) is 5.16. The van der Waals surface area contributed by atoms with Crippen LogP contribution in [0.15, 0.2) is 38.8 Å². The topological polar surface area (TPSA) is 101 Å². The van der Waals surface area contributed by atoms with Gasteiger partial charge in [0.05, 0.1) is 12.8 Å². The Bertz CT molecular complexity index is 927. The van der Waals surface area contributed by atoms with E-state index in [9.17, 15) is 14.7 Å². The molecule has 1 aromatic carbocycles. The summed E-state index contributed by atoms with van der Waals surface area (Å²) in [6, 6.07) is 7.21. The molecule has 0 saturated carbocycles. The van der Waals surface area contributed by atoms with Crippen LogP contribution in [0.2, 0.25) is 0 Å². The van der Waals surface area contributed by atoms with Crippen molar-refractivity contribution >= 4 is 17.3 Å². The average Bonchev–Trinajstić information content (AvgIpc) is 2.61. The summed E-state index contributed by atoms with van der Waals surface area (Å²) in [7, 11) is 7.68. The molecule has 0 bridgehead atoms. The van der Waals surface area contributed by atoms with Gasteiger partial charge in [0.25, 0.3) is 5.56 Å². The molecule has 0 amide bonds. The Morgan fingerprint density at radius 2 is 1.84 bits per heavy atom. The lowest BCUT2D eigenvalue weighted by atomic mass is 10.3. The number of aromatic hydroxyl groups is 1. The quantitative estimate of drug-likeness (QED) is 0.618. The van der Waals surface area contributed by atoms with Crippen molar-refractivity contribution in [2.75, 3.05) is 26.5 Å². The van der Waals surface area contributed by atoms with Gasteiger partial charge in [-0.3, -0.25) is 13.9 Å². The maximum absolute atomic E-state index is 12.3. The van der Waals surface area contributed by atoms with Gasteiger partial charge in [-0.15, -0.1) is 0 Å². The monoisotopic (exact) mass is 347 g/mol. The molecule has 0 radical (unpaired) electrons. The molecular formula is C16H21N5O4. The molecule has 0 saturated heterocycles. The Balaban J connectivity index is 2.60. The third-order valence-corrected chi connectivity index (χ3v) is 3.61. The fraction of sp³-hybridized carbons (Fsp3) is 0.312. The molecule has 0 spiro atoms. The molecule has 134 valence electrons. The van der Waals surface area contributed by atoms with Gasteiger partial charge in [0.1, 0.15) is 5.75 Å². The van der Waals surface area contributed by atoms with Gasteiger partial charge in [-0.25, -0.2) is 9.79 Å². The van der Waals surface area contributed by atoms with Crippen molar-refractivity contribution in [3.63, 3.8) is 0 Å². The molecule has 0 atom stereocenters. The number of aliphatic imine (C=N–C) groups is 1. The number of methoxy groups -OCH3 is 1. The summed E-state index contributed by atoms with van der Waals surface area (Å²) in [5.74, 6) is 0.375. The summed E-state index contributed by atoms with van der Waals surface area (Å²) >= 11 is 0. The number of para-hydroxylation sites is 2. The Morgan fingerprint density at radius 3 is 2.44 bits per heavy atom. The van der Waals surface area contributed by atoms with Crippen LogP contribution in [-0.2, 0) is 14.1 Å². The molecule has 9 heteroatoms. The number of guanidine groups is 1. The smallest absolute Gasteiger partial charge is 0.333 e. The number of anilines is 1. The molecule has 1 aromatic heterocycles. The van der Waals surface area contributed by atoms with Crippen molar-refractivity contribution in [1.29, 1.82) is 0 Å². The normalized spacial score (nSPS) is 11.3. The predicted molar refractivity (Wildman–Crippen MR) is 96.0 cm³/mol. The summed E-state index contributed by atoms with van der Waals surface area (Å²) in [6.45, 7) is 0. The van der Waals surface area contributed by atoms with E-state index in [-0.39, 0.29) is 11.6 Å². The molecule has 9 nitrogen and oxygen atoms in total. The fourth-order valence-corrected chi connectivity index (χ4v) is 2.13. The van der Waals surface area contributed by atoms with Gasteiger partial charge in [0.15, 0.2) is 5.69 Å². The van der Waals surface area contributed by atoms with Gasteiger partial charge in [-0.1, -0.05) is 12.1 Å². The standard InChI is InChI=1S/C16H21N5O4/c1-19(2)15(17-10-8-6-7-9-11(10)25-5)18-12-13(22)20(3)16(24)21(4)14(12)23/h6-9,22H,1-5H3,(H,17,18). The second-order valence-corrected chi connectivity index (χ2v) is 5.53. The van der Waals surface area contributed by atoms with Crippen molar-refractivity contribution in [2.45, 2.75) is 0 Å². The van der Waals surface area contributed by atoms with Gasteiger partial charge in [-0.2, -0.15) is 0 Å². The fourth-order valence-electron chi connectivity index (χ4n) is 2.13. The number of nitrogens with zero attached hydrogens (tertiary/aromatic N) is 4. The zero-order valence-corrected chi connectivity index (χ0v) is 14.8. The summed E-state index contributed by atoms with van der Waals surface area (Å²) in [5.41, 5.74) is -0.929. The molecule has 0 fully saturated rings. The maximum atomic E-state index is 12.3. The van der Waals surface area contributed by atoms with Crippen molar-refractivity contribution in [3.8, 4) is 11.6 Å². The van der Waals surface area contributed by atoms with Gasteiger partial charge >= 0.3 is 5.69 Å². The molecule has 0 aliphatic rings. The van der Waals surface area contributed by atoms with Crippen LogP contribution in [0.3, 0.4) is 0 Å². The van der Waals surface area contributed by atoms with Gasteiger partial charge in [-0.05, 0) is 12.1 Å². The average molecular weight is 347 g/mol. The number of ether oxygens (including phenoxy) is 1. The van der Waals surface area contributed by atoms with Crippen molar-refractivity contribution in [3.05, 3.63) is 45.1 Å². The number of hydrogen-bond acceptors (Lipinski definition) is 5. The highest BCUT2D eigenvalue weighted by Gasteiger charge is 2.16. The molecule has 2 rings (SSSR count). The zero-order chi connectivity index (χ0) is 18.7. The van der Waals surface area contributed by atoms with Crippen LogP contribution in [0.4, 0.5) is 11.4 Å². The van der Waals surface area contributed by atoms with Crippen LogP contribution in [-0.4, -0.2) is 46.3 Å².